The zero-order valence-corrected chi connectivity index (χ0v) is 18.8. The van der Waals surface area contributed by atoms with Crippen LogP contribution in [0.15, 0.2) is 42.6 Å². The molecule has 0 saturated carbocycles. The summed E-state index contributed by atoms with van der Waals surface area (Å²) in [5, 5.41) is 2.25. The summed E-state index contributed by atoms with van der Waals surface area (Å²) in [5.41, 5.74) is 4.32. The van der Waals surface area contributed by atoms with Crippen LogP contribution in [0.4, 0.5) is 11.6 Å². The Morgan fingerprint density at radius 1 is 1.13 bits per heavy atom. The standard InChI is InChI=1S/C19H23N5.C2H5NO.C2H6/c1-22(2)16-12-17-18(20-13-16)21-19(23-10-6-7-11-23)24(17)14-15-8-4-3-5-9-15;1-3-2-4;1-2/h3-5,8-9,12-13H,6-7,10-11,14H2,1-2H3;2H,1H3,(H,3,4);1-2H3. The molecule has 162 valence electrons. The highest BCUT2D eigenvalue weighted by atomic mass is 16.1. The second-order valence-electron chi connectivity index (χ2n) is 7.01. The fourth-order valence-electron chi connectivity index (χ4n) is 3.31. The van der Waals surface area contributed by atoms with Crippen molar-refractivity contribution in [3.63, 3.8) is 0 Å². The largest absolute Gasteiger partial charge is 0.376 e. The Bertz CT molecular complexity index is 901. The lowest BCUT2D eigenvalue weighted by Gasteiger charge is -2.19. The number of amides is 1. The first-order valence-corrected chi connectivity index (χ1v) is 10.6. The van der Waals surface area contributed by atoms with Gasteiger partial charge < -0.3 is 19.7 Å². The number of aromatic nitrogens is 3. The molecule has 3 heterocycles. The van der Waals surface area contributed by atoms with Gasteiger partial charge in [-0.3, -0.25) is 4.79 Å². The molecule has 1 fully saturated rings. The minimum absolute atomic E-state index is 0.625. The average molecular weight is 411 g/mol. The Hall–Kier alpha value is -3.09. The first-order valence-electron chi connectivity index (χ1n) is 10.6. The van der Waals surface area contributed by atoms with Crippen LogP contribution in [0.5, 0.6) is 0 Å². The molecule has 4 rings (SSSR count). The quantitative estimate of drug-likeness (QED) is 0.652. The summed E-state index contributed by atoms with van der Waals surface area (Å²) in [6.07, 6.45) is 5.01. The van der Waals surface area contributed by atoms with E-state index in [2.05, 4.69) is 61.1 Å². The highest BCUT2D eigenvalue weighted by molar-refractivity contribution is 5.79. The Balaban J connectivity index is 0.000000481. The molecule has 1 amide bonds. The minimum atomic E-state index is 0.625. The lowest BCUT2D eigenvalue weighted by Crippen LogP contribution is -2.22. The van der Waals surface area contributed by atoms with Crippen molar-refractivity contribution in [2.45, 2.75) is 33.2 Å². The number of carbonyl (C=O) groups is 1. The number of fused-ring (bicyclic) bond motifs is 1. The van der Waals surface area contributed by atoms with Crippen molar-refractivity contribution in [3.05, 3.63) is 48.2 Å². The van der Waals surface area contributed by atoms with E-state index in [-0.39, 0.29) is 0 Å². The highest BCUT2D eigenvalue weighted by Gasteiger charge is 2.21. The van der Waals surface area contributed by atoms with Crippen LogP contribution in [-0.4, -0.2) is 55.2 Å². The van der Waals surface area contributed by atoms with Gasteiger partial charge in [-0.05, 0) is 24.5 Å². The molecule has 1 aliphatic heterocycles. The smallest absolute Gasteiger partial charge is 0.208 e. The molecule has 3 aromatic rings. The summed E-state index contributed by atoms with van der Waals surface area (Å²) in [4.78, 5) is 23.0. The second-order valence-corrected chi connectivity index (χ2v) is 7.01. The zero-order valence-electron chi connectivity index (χ0n) is 18.8. The van der Waals surface area contributed by atoms with E-state index < -0.39 is 0 Å². The van der Waals surface area contributed by atoms with Gasteiger partial charge in [-0.15, -0.1) is 0 Å². The molecule has 1 aromatic carbocycles. The van der Waals surface area contributed by atoms with Gasteiger partial charge in [0.05, 0.1) is 23.9 Å². The van der Waals surface area contributed by atoms with E-state index in [1.165, 1.54) is 18.4 Å². The van der Waals surface area contributed by atoms with E-state index in [1.807, 2.05) is 34.1 Å². The fraction of sp³-hybridized carbons (Fsp3) is 0.435. The molecular weight excluding hydrogens is 376 g/mol. The molecule has 2 aromatic heterocycles. The van der Waals surface area contributed by atoms with Crippen molar-refractivity contribution < 1.29 is 4.79 Å². The van der Waals surface area contributed by atoms with Crippen molar-refractivity contribution in [1.82, 2.24) is 19.9 Å². The van der Waals surface area contributed by atoms with Crippen molar-refractivity contribution >= 4 is 29.2 Å². The summed E-state index contributed by atoms with van der Waals surface area (Å²) in [6, 6.07) is 12.8. The molecule has 0 bridgehead atoms. The number of nitrogens with zero attached hydrogens (tertiary/aromatic N) is 5. The molecular formula is C23H34N6O. The molecule has 0 aliphatic carbocycles. The van der Waals surface area contributed by atoms with Gasteiger partial charge in [-0.2, -0.15) is 4.98 Å². The van der Waals surface area contributed by atoms with Gasteiger partial charge in [0.1, 0.15) is 0 Å². The predicted molar refractivity (Wildman–Crippen MR) is 125 cm³/mol. The molecule has 1 saturated heterocycles. The van der Waals surface area contributed by atoms with E-state index in [1.54, 1.807) is 7.05 Å². The van der Waals surface area contributed by atoms with Crippen LogP contribution in [0, 0.1) is 0 Å². The summed E-state index contributed by atoms with van der Waals surface area (Å²) >= 11 is 0. The highest BCUT2D eigenvalue weighted by Crippen LogP contribution is 2.27. The molecule has 30 heavy (non-hydrogen) atoms. The van der Waals surface area contributed by atoms with E-state index in [9.17, 15) is 0 Å². The van der Waals surface area contributed by atoms with Crippen molar-refractivity contribution in [3.8, 4) is 0 Å². The second kappa shape index (κ2) is 11.8. The molecule has 0 atom stereocenters. The Morgan fingerprint density at radius 3 is 2.33 bits per heavy atom. The van der Waals surface area contributed by atoms with E-state index in [4.69, 9.17) is 9.78 Å². The van der Waals surface area contributed by atoms with Gasteiger partial charge in [0.25, 0.3) is 0 Å². The van der Waals surface area contributed by atoms with Crippen LogP contribution in [0.3, 0.4) is 0 Å². The van der Waals surface area contributed by atoms with Gasteiger partial charge in [0, 0.05) is 34.2 Å². The fourth-order valence-corrected chi connectivity index (χ4v) is 3.31. The van der Waals surface area contributed by atoms with Gasteiger partial charge in [0.15, 0.2) is 5.65 Å². The number of rotatable bonds is 5. The predicted octanol–water partition coefficient (Wildman–Crippen LogP) is 3.53. The summed E-state index contributed by atoms with van der Waals surface area (Å²) in [7, 11) is 5.65. The molecule has 1 aliphatic rings. The van der Waals surface area contributed by atoms with Crippen molar-refractivity contribution in [2.24, 2.45) is 0 Å². The number of hydrogen-bond acceptors (Lipinski definition) is 5. The lowest BCUT2D eigenvalue weighted by molar-refractivity contribution is -0.109. The number of hydrogen-bond donors (Lipinski definition) is 1. The molecule has 1 N–H and O–H groups in total. The number of benzene rings is 1. The summed E-state index contributed by atoms with van der Waals surface area (Å²) in [5.74, 6) is 1.05. The van der Waals surface area contributed by atoms with Gasteiger partial charge in [0.2, 0.25) is 12.4 Å². The maximum atomic E-state index is 9.06. The normalized spacial score (nSPS) is 12.5. The molecule has 7 heteroatoms. The zero-order chi connectivity index (χ0) is 21.9. The summed E-state index contributed by atoms with van der Waals surface area (Å²) in [6.45, 7) is 6.99. The number of anilines is 2. The van der Waals surface area contributed by atoms with Crippen LogP contribution in [0.2, 0.25) is 0 Å². The van der Waals surface area contributed by atoms with E-state index in [0.717, 1.165) is 42.4 Å². The first-order chi connectivity index (χ1) is 14.6. The average Bonchev–Trinajstić information content (AvgIpc) is 3.44. The lowest BCUT2D eigenvalue weighted by atomic mass is 10.2. The Kier molecular flexibility index (Phi) is 9.12. The van der Waals surface area contributed by atoms with Crippen LogP contribution in [0.25, 0.3) is 11.2 Å². The van der Waals surface area contributed by atoms with Crippen LogP contribution in [0.1, 0.15) is 32.3 Å². The Morgan fingerprint density at radius 2 is 1.77 bits per heavy atom. The Labute approximate surface area is 179 Å². The van der Waals surface area contributed by atoms with Gasteiger partial charge >= 0.3 is 0 Å². The van der Waals surface area contributed by atoms with E-state index >= 15 is 0 Å². The SMILES string of the molecule is CC.CN(C)c1cnc2nc(N3CCCC3)n(Cc3ccccc3)c2c1.CNC=O. The van der Waals surface area contributed by atoms with Crippen molar-refractivity contribution in [2.75, 3.05) is 44.0 Å². The minimum Gasteiger partial charge on any atom is -0.376 e. The number of carbonyl (C=O) groups excluding carboxylic acids is 1. The van der Waals surface area contributed by atoms with Crippen LogP contribution in [-0.2, 0) is 11.3 Å². The third kappa shape index (κ3) is 5.72. The van der Waals surface area contributed by atoms with Crippen LogP contribution >= 0.6 is 0 Å². The maximum absolute atomic E-state index is 9.06. The summed E-state index contributed by atoms with van der Waals surface area (Å²) < 4.78 is 2.32. The topological polar surface area (TPSA) is 66.3 Å². The van der Waals surface area contributed by atoms with E-state index in [0.29, 0.717) is 6.41 Å². The monoisotopic (exact) mass is 410 g/mol. The van der Waals surface area contributed by atoms with Crippen LogP contribution < -0.4 is 15.1 Å². The first kappa shape index (κ1) is 23.2. The van der Waals surface area contributed by atoms with Gasteiger partial charge in [-0.25, -0.2) is 4.98 Å². The molecule has 0 spiro atoms. The number of imidazole rings is 1. The number of pyridine rings is 1. The van der Waals surface area contributed by atoms with Gasteiger partial charge in [-0.1, -0.05) is 44.2 Å². The third-order valence-electron chi connectivity index (χ3n) is 4.78. The molecule has 0 unspecified atom stereocenters. The third-order valence-corrected chi connectivity index (χ3v) is 4.78. The number of nitrogens with one attached hydrogen (secondary N) is 1. The van der Waals surface area contributed by atoms with Crippen molar-refractivity contribution in [1.29, 1.82) is 0 Å². The maximum Gasteiger partial charge on any atom is 0.208 e. The molecule has 7 nitrogen and oxygen atoms in total. The molecule has 0 radical (unpaired) electrons.